The summed E-state index contributed by atoms with van der Waals surface area (Å²) in [7, 11) is 0. The van der Waals surface area contributed by atoms with E-state index in [0.29, 0.717) is 13.1 Å². The maximum atomic E-state index is 10.4. The van der Waals surface area contributed by atoms with Crippen molar-refractivity contribution in [2.24, 2.45) is 0 Å². The third kappa shape index (κ3) is 3.83. The molecule has 2 aromatic carbocycles. The van der Waals surface area contributed by atoms with Gasteiger partial charge in [0, 0.05) is 13.1 Å². The van der Waals surface area contributed by atoms with Gasteiger partial charge >= 0.3 is 0 Å². The second-order valence-corrected chi connectivity index (χ2v) is 6.11. The van der Waals surface area contributed by atoms with E-state index in [2.05, 4.69) is 0 Å². The van der Waals surface area contributed by atoms with Gasteiger partial charge in [0.1, 0.15) is 12.2 Å². The minimum Gasteiger partial charge on any atom is -0.394 e. The fourth-order valence-electron chi connectivity index (χ4n) is 3.23. The predicted octanol–water partition coefficient (Wildman–Crippen LogP) is 1.13. The zero-order valence-electron chi connectivity index (χ0n) is 13.4. The molecular weight excluding hydrogens is 306 g/mol. The molecule has 0 aromatic heterocycles. The van der Waals surface area contributed by atoms with Gasteiger partial charge < -0.3 is 20.1 Å². The molecule has 128 valence electrons. The van der Waals surface area contributed by atoms with E-state index in [-0.39, 0.29) is 6.61 Å². The monoisotopic (exact) mass is 329 g/mol. The summed E-state index contributed by atoms with van der Waals surface area (Å²) in [6, 6.07) is 19.4. The number of aliphatic hydroxyl groups is 3. The molecule has 3 rings (SSSR count). The van der Waals surface area contributed by atoms with E-state index >= 15 is 0 Å². The zero-order valence-corrected chi connectivity index (χ0v) is 13.4. The molecule has 3 unspecified atom stereocenters. The minimum absolute atomic E-state index is 0.251. The number of rotatable bonds is 6. The predicted molar refractivity (Wildman–Crippen MR) is 89.9 cm³/mol. The van der Waals surface area contributed by atoms with Gasteiger partial charge in [-0.25, -0.2) is 0 Å². The minimum atomic E-state index is -1.28. The van der Waals surface area contributed by atoms with Crippen LogP contribution < -0.4 is 0 Å². The van der Waals surface area contributed by atoms with Gasteiger partial charge in [0.2, 0.25) is 0 Å². The van der Waals surface area contributed by atoms with E-state index in [1.807, 2.05) is 65.6 Å². The molecule has 0 bridgehead atoms. The number of aliphatic hydroxyl groups excluding tert-OH is 3. The third-order valence-electron chi connectivity index (χ3n) is 4.40. The van der Waals surface area contributed by atoms with Crippen LogP contribution in [0.5, 0.6) is 0 Å². The molecule has 1 aliphatic rings. The van der Waals surface area contributed by atoms with Crippen LogP contribution >= 0.6 is 0 Å². The van der Waals surface area contributed by atoms with Crippen molar-refractivity contribution in [1.82, 2.24) is 4.90 Å². The molecule has 3 N–H and O–H groups in total. The Kier molecular flexibility index (Phi) is 5.60. The molecular formula is C19H23NO4. The van der Waals surface area contributed by atoms with Crippen molar-refractivity contribution in [3.63, 3.8) is 0 Å². The van der Waals surface area contributed by atoms with Gasteiger partial charge in [0.05, 0.1) is 12.6 Å². The van der Waals surface area contributed by atoms with Crippen molar-refractivity contribution in [3.8, 4) is 0 Å². The first-order valence-corrected chi connectivity index (χ1v) is 8.13. The standard InChI is InChI=1S/C19H23NO4/c21-13-16-17(18(22)19(23)24-16)20(11-14-7-3-1-4-8-14)12-15-9-5-2-6-10-15/h1-10,16-19,21-23H,11-13H2/t16-,17?,18?,19?/m1/s1. The Morgan fingerprint density at radius 1 is 0.833 bits per heavy atom. The van der Waals surface area contributed by atoms with Gasteiger partial charge in [-0.1, -0.05) is 60.7 Å². The van der Waals surface area contributed by atoms with Gasteiger partial charge in [-0.2, -0.15) is 0 Å². The maximum absolute atomic E-state index is 10.4. The fourth-order valence-corrected chi connectivity index (χ4v) is 3.23. The molecule has 2 aromatic rings. The third-order valence-corrected chi connectivity index (χ3v) is 4.40. The maximum Gasteiger partial charge on any atom is 0.182 e. The van der Waals surface area contributed by atoms with Crippen molar-refractivity contribution in [2.75, 3.05) is 6.61 Å². The van der Waals surface area contributed by atoms with Gasteiger partial charge in [0.25, 0.3) is 0 Å². The van der Waals surface area contributed by atoms with Gasteiger partial charge in [-0.3, -0.25) is 4.90 Å². The van der Waals surface area contributed by atoms with E-state index in [4.69, 9.17) is 4.74 Å². The Morgan fingerprint density at radius 3 is 1.79 bits per heavy atom. The Balaban J connectivity index is 1.86. The summed E-state index contributed by atoms with van der Waals surface area (Å²) in [5, 5.41) is 29.8. The quantitative estimate of drug-likeness (QED) is 0.741. The van der Waals surface area contributed by atoms with Crippen LogP contribution in [0, 0.1) is 0 Å². The van der Waals surface area contributed by atoms with Gasteiger partial charge in [0.15, 0.2) is 6.29 Å². The molecule has 0 radical (unpaired) electrons. The normalized spacial score (nSPS) is 26.8. The van der Waals surface area contributed by atoms with Crippen LogP contribution in [0.2, 0.25) is 0 Å². The average molecular weight is 329 g/mol. The summed E-state index contributed by atoms with van der Waals surface area (Å²) in [6.07, 6.45) is -2.96. The molecule has 0 aliphatic carbocycles. The van der Waals surface area contributed by atoms with Gasteiger partial charge in [-0.05, 0) is 11.1 Å². The topological polar surface area (TPSA) is 73.2 Å². The molecule has 4 atom stereocenters. The second kappa shape index (κ2) is 7.88. The number of nitrogens with zero attached hydrogens (tertiary/aromatic N) is 1. The Hall–Kier alpha value is -1.76. The highest BCUT2D eigenvalue weighted by Gasteiger charge is 2.45. The summed E-state index contributed by atoms with van der Waals surface area (Å²) in [5.41, 5.74) is 2.19. The van der Waals surface area contributed by atoms with Crippen molar-refractivity contribution in [3.05, 3.63) is 71.8 Å². The van der Waals surface area contributed by atoms with Crippen LogP contribution in [0.15, 0.2) is 60.7 Å². The molecule has 1 saturated heterocycles. The lowest BCUT2D eigenvalue weighted by Crippen LogP contribution is -2.48. The van der Waals surface area contributed by atoms with E-state index in [1.165, 1.54) is 0 Å². The first-order chi connectivity index (χ1) is 11.7. The van der Waals surface area contributed by atoms with Crippen LogP contribution in [-0.2, 0) is 17.8 Å². The lowest BCUT2D eigenvalue weighted by atomic mass is 10.0. The molecule has 24 heavy (non-hydrogen) atoms. The first kappa shape index (κ1) is 17.1. The van der Waals surface area contributed by atoms with E-state index in [1.54, 1.807) is 0 Å². The highest BCUT2D eigenvalue weighted by Crippen LogP contribution is 2.27. The number of benzene rings is 2. The molecule has 5 heteroatoms. The lowest BCUT2D eigenvalue weighted by molar-refractivity contribution is -0.132. The molecule has 0 spiro atoms. The van der Waals surface area contributed by atoms with Crippen molar-refractivity contribution in [1.29, 1.82) is 0 Å². The van der Waals surface area contributed by atoms with Crippen LogP contribution in [0.25, 0.3) is 0 Å². The van der Waals surface area contributed by atoms with Crippen molar-refractivity contribution < 1.29 is 20.1 Å². The second-order valence-electron chi connectivity index (χ2n) is 6.11. The van der Waals surface area contributed by atoms with E-state index < -0.39 is 24.5 Å². The summed E-state index contributed by atoms with van der Waals surface area (Å²) >= 11 is 0. The number of hydrogen-bond donors (Lipinski definition) is 3. The highest BCUT2D eigenvalue weighted by molar-refractivity contribution is 5.18. The van der Waals surface area contributed by atoms with Crippen LogP contribution in [0.4, 0.5) is 0 Å². The summed E-state index contributed by atoms with van der Waals surface area (Å²) < 4.78 is 5.31. The molecule has 1 fully saturated rings. The highest BCUT2D eigenvalue weighted by atomic mass is 16.6. The molecule has 1 aliphatic heterocycles. The van der Waals surface area contributed by atoms with Crippen molar-refractivity contribution >= 4 is 0 Å². The Bertz CT molecular complexity index is 580. The average Bonchev–Trinajstić information content (AvgIpc) is 2.90. The summed E-state index contributed by atoms with van der Waals surface area (Å²) in [6.45, 7) is 0.924. The molecule has 5 nitrogen and oxygen atoms in total. The lowest BCUT2D eigenvalue weighted by Gasteiger charge is -2.33. The van der Waals surface area contributed by atoms with Crippen LogP contribution in [-0.4, -0.2) is 51.4 Å². The Labute approximate surface area is 141 Å². The largest absolute Gasteiger partial charge is 0.394 e. The van der Waals surface area contributed by atoms with Crippen LogP contribution in [0.3, 0.4) is 0 Å². The van der Waals surface area contributed by atoms with Gasteiger partial charge in [-0.15, -0.1) is 0 Å². The number of hydrogen-bond acceptors (Lipinski definition) is 5. The first-order valence-electron chi connectivity index (χ1n) is 8.13. The molecule has 0 amide bonds. The zero-order chi connectivity index (χ0) is 16.9. The molecule has 0 saturated carbocycles. The van der Waals surface area contributed by atoms with E-state index in [9.17, 15) is 15.3 Å². The summed E-state index contributed by atoms with van der Waals surface area (Å²) in [5.74, 6) is 0. The summed E-state index contributed by atoms with van der Waals surface area (Å²) in [4.78, 5) is 2.05. The van der Waals surface area contributed by atoms with Crippen molar-refractivity contribution in [2.45, 2.75) is 37.6 Å². The Morgan fingerprint density at radius 2 is 1.33 bits per heavy atom. The smallest absolute Gasteiger partial charge is 0.182 e. The fraction of sp³-hybridized carbons (Fsp3) is 0.368. The van der Waals surface area contributed by atoms with Crippen LogP contribution in [0.1, 0.15) is 11.1 Å². The van der Waals surface area contributed by atoms with E-state index in [0.717, 1.165) is 11.1 Å². The number of ether oxygens (including phenoxy) is 1. The molecule has 1 heterocycles. The SMILES string of the molecule is OC[C@H]1OC(O)C(O)C1N(Cc1ccccc1)Cc1ccccc1.